The second kappa shape index (κ2) is 62.4. The molecule has 0 aromatic heterocycles. The highest BCUT2D eigenvalue weighted by Crippen LogP contribution is 2.25. The van der Waals surface area contributed by atoms with Gasteiger partial charge >= 0.3 is 17.9 Å². The van der Waals surface area contributed by atoms with Crippen molar-refractivity contribution >= 4 is 93.4 Å². The van der Waals surface area contributed by atoms with Gasteiger partial charge in [-0.3, -0.25) is 33.6 Å². The topological polar surface area (TPSA) is 395 Å². The Hall–Kier alpha value is -15.9. The zero-order valence-corrected chi connectivity index (χ0v) is 82.8. The van der Waals surface area contributed by atoms with Crippen LogP contribution in [0.5, 0.6) is 23.0 Å². The van der Waals surface area contributed by atoms with Crippen LogP contribution in [-0.2, 0) is 90.2 Å². The molecule has 145 heavy (non-hydrogen) atoms. The van der Waals surface area contributed by atoms with E-state index in [-0.39, 0.29) is 79.2 Å². The van der Waals surface area contributed by atoms with Gasteiger partial charge in [-0.25, -0.2) is 14.4 Å². The van der Waals surface area contributed by atoms with E-state index in [0.717, 1.165) is 106 Å². The van der Waals surface area contributed by atoms with Crippen LogP contribution in [-0.4, -0.2) is 133 Å². The molecular formula is C117H133N9O19. The minimum absolute atomic E-state index is 0.0140. The van der Waals surface area contributed by atoms with Crippen molar-refractivity contribution in [1.29, 1.82) is 0 Å². The van der Waals surface area contributed by atoms with E-state index in [4.69, 9.17) is 28.4 Å². The minimum atomic E-state index is -1.20. The van der Waals surface area contributed by atoms with Gasteiger partial charge in [0.15, 0.2) is 0 Å². The molecule has 28 heteroatoms. The Labute approximate surface area is 848 Å². The first-order valence-corrected chi connectivity index (χ1v) is 49.4. The average Bonchev–Trinajstić information content (AvgIpc) is 0.858. The molecule has 3 atom stereocenters. The molecule has 12 aromatic carbocycles. The Morgan fingerprint density at radius 2 is 0.531 bits per heavy atom. The largest absolute Gasteiger partial charge is 0.497 e. The second-order valence-electron chi connectivity index (χ2n) is 34.9. The lowest BCUT2D eigenvalue weighted by atomic mass is 10.0. The van der Waals surface area contributed by atoms with Gasteiger partial charge in [-0.05, 0) is 234 Å². The van der Waals surface area contributed by atoms with E-state index in [1.807, 2.05) is 182 Å². The van der Waals surface area contributed by atoms with Gasteiger partial charge in [-0.15, -0.1) is 0 Å². The molecule has 760 valence electrons. The van der Waals surface area contributed by atoms with Crippen molar-refractivity contribution in [3.63, 3.8) is 0 Å². The van der Waals surface area contributed by atoms with E-state index in [0.29, 0.717) is 72.5 Å². The SMILES string of the molecule is CCCCCCCOc1ccc(CNc2ccc(C[C@H](NC(=O)c3ccc(NC(=O)COCc4ccccc4)cc3)C(=O)O)cc2)cc1.CCCCCCCOc1ccc(CNc2ccc(C[C@H](NC(=O)c3ccc(NC(=O)Cc4ccc(OC)cc4)cc3)C(=O)O)cc2)cc1.CCCCCCCOc1ccc(NC(=O)c2ccc(CC(NC(=O)c3ccc(NC(=O)COCc4ccccc4)cc3)C(=O)O)cc2)cc1. The van der Waals surface area contributed by atoms with Crippen molar-refractivity contribution in [2.75, 3.05) is 72.0 Å². The van der Waals surface area contributed by atoms with Crippen molar-refractivity contribution in [3.05, 3.63) is 370 Å². The van der Waals surface area contributed by atoms with E-state index < -0.39 is 53.8 Å². The predicted octanol–water partition coefficient (Wildman–Crippen LogP) is 21.4. The summed E-state index contributed by atoms with van der Waals surface area (Å²) >= 11 is 0. The van der Waals surface area contributed by atoms with Crippen LogP contribution in [0.3, 0.4) is 0 Å². The Balaban J connectivity index is 0.000000223. The molecule has 0 spiro atoms. The number of benzene rings is 12. The number of aliphatic carboxylic acids is 3. The van der Waals surface area contributed by atoms with Crippen molar-refractivity contribution in [2.45, 2.75) is 187 Å². The Morgan fingerprint density at radius 3 is 0.862 bits per heavy atom. The van der Waals surface area contributed by atoms with Crippen LogP contribution in [0.15, 0.2) is 303 Å². The molecular weight excluding hydrogens is 1840 g/mol. The van der Waals surface area contributed by atoms with E-state index >= 15 is 0 Å². The fourth-order valence-corrected chi connectivity index (χ4v) is 15.0. The quantitative estimate of drug-likeness (QED) is 0.0158. The standard InChI is InChI=1S/C39H43N3O7.2C39H45N3O6/c1-2-3-4-5-9-24-49-34-22-20-33(21-23-34)41-37(44)30-14-12-28(13-15-30)25-35(39(46)47)42-38(45)31-16-18-32(19-17-31)40-36(43)27-48-26-29-10-7-6-8-11-29;1-3-4-5-6-7-24-48-35-22-12-30(13-23-35)27-40-32-16-8-28(9-17-32)25-36(39(45)46)42-38(44)31-14-18-33(19-15-31)41-37(43)26-29-10-20-34(47-2)21-11-29;1-2-3-4-5-9-24-48-35-22-14-30(15-23-35)26-40-33-18-12-29(13-19-33)25-36(39(45)46)42-38(44)32-16-20-34(21-17-32)41-37(43)28-47-27-31-10-7-6-8-11-31/h6-8,10-23,35H,2-5,9,24-27H2,1H3,(H,40,43)(H,41,44)(H,42,45)(H,46,47);8-23,36,40H,3-7,24-27H2,1-2H3,(H,41,43)(H,42,44)(H,45,46);6-8,10-23,36,40H,2-5,9,24-28H2,1H3,(H,41,43)(H,42,44)(H,45,46)/t;2*36-/m.00/s1. The molecule has 0 aliphatic heterocycles. The van der Waals surface area contributed by atoms with Crippen molar-refractivity contribution in [2.24, 2.45) is 0 Å². The molecule has 0 heterocycles. The van der Waals surface area contributed by atoms with E-state index in [9.17, 15) is 63.3 Å². The van der Waals surface area contributed by atoms with Gasteiger partial charge in [0, 0.05) is 88.7 Å². The molecule has 12 rings (SSSR count). The number of unbranched alkanes of at least 4 members (excludes halogenated alkanes) is 12. The van der Waals surface area contributed by atoms with Crippen LogP contribution >= 0.6 is 0 Å². The van der Waals surface area contributed by atoms with Crippen LogP contribution in [0, 0.1) is 0 Å². The highest BCUT2D eigenvalue weighted by molar-refractivity contribution is 6.05. The summed E-state index contributed by atoms with van der Waals surface area (Å²) in [5.41, 5.74) is 12.3. The number of methoxy groups -OCH3 is 1. The molecule has 0 aliphatic carbocycles. The van der Waals surface area contributed by atoms with Gasteiger partial charge in [0.2, 0.25) is 17.7 Å². The molecule has 28 nitrogen and oxygen atoms in total. The van der Waals surface area contributed by atoms with Crippen molar-refractivity contribution < 1.29 is 91.7 Å². The number of carboxylic acids is 3. The first-order valence-electron chi connectivity index (χ1n) is 49.4. The molecule has 12 N–H and O–H groups in total. The molecule has 12 aromatic rings. The van der Waals surface area contributed by atoms with Crippen LogP contribution in [0.25, 0.3) is 0 Å². The maximum atomic E-state index is 12.9. The first kappa shape index (κ1) is 111. The van der Waals surface area contributed by atoms with Gasteiger partial charge in [0.05, 0.1) is 46.6 Å². The van der Waals surface area contributed by atoms with Gasteiger partial charge in [-0.1, -0.05) is 231 Å². The minimum Gasteiger partial charge on any atom is -0.497 e. The Kier molecular flexibility index (Phi) is 47.8. The Bertz CT molecular complexity index is 5950. The molecule has 0 bridgehead atoms. The van der Waals surface area contributed by atoms with Gasteiger partial charge < -0.3 is 91.6 Å². The Morgan fingerprint density at radius 1 is 0.262 bits per heavy atom. The number of amides is 7. The number of carboxylic acid groups (broad SMARTS) is 3. The van der Waals surface area contributed by atoms with Gasteiger partial charge in [-0.2, -0.15) is 0 Å². The molecule has 1 unspecified atom stereocenters. The van der Waals surface area contributed by atoms with E-state index in [2.05, 4.69) is 68.6 Å². The van der Waals surface area contributed by atoms with Crippen molar-refractivity contribution in [3.8, 4) is 23.0 Å². The number of rotatable bonds is 58. The highest BCUT2D eigenvalue weighted by Gasteiger charge is 2.26. The average molecular weight is 1970 g/mol. The maximum Gasteiger partial charge on any atom is 0.326 e. The second-order valence-corrected chi connectivity index (χ2v) is 34.9. The number of hydrogen-bond acceptors (Lipinski definition) is 18. The lowest BCUT2D eigenvalue weighted by Crippen LogP contribution is -2.42. The zero-order valence-electron chi connectivity index (χ0n) is 82.8. The third-order valence-corrected chi connectivity index (χ3v) is 23.3. The summed E-state index contributed by atoms with van der Waals surface area (Å²) in [5, 5.41) is 55.0. The monoisotopic (exact) mass is 1970 g/mol. The predicted molar refractivity (Wildman–Crippen MR) is 566 cm³/mol. The number of ether oxygens (including phenoxy) is 6. The van der Waals surface area contributed by atoms with Crippen LogP contribution < -0.4 is 66.8 Å². The smallest absolute Gasteiger partial charge is 0.326 e. The zero-order chi connectivity index (χ0) is 103. The normalized spacial score (nSPS) is 11.3. The molecule has 0 fully saturated rings. The molecule has 7 amide bonds. The van der Waals surface area contributed by atoms with Crippen molar-refractivity contribution in [1.82, 2.24) is 16.0 Å². The molecule has 0 saturated heterocycles. The maximum absolute atomic E-state index is 12.9. The fourth-order valence-electron chi connectivity index (χ4n) is 15.0. The number of nitrogens with one attached hydrogen (secondary N) is 9. The number of hydrogen-bond donors (Lipinski definition) is 12. The summed E-state index contributed by atoms with van der Waals surface area (Å²) < 4.78 is 33.5. The number of anilines is 6. The summed E-state index contributed by atoms with van der Waals surface area (Å²) in [4.78, 5) is 124. The fraction of sp³-hybridized carbons (Fsp3) is 0.299. The van der Waals surface area contributed by atoms with Crippen LogP contribution in [0.4, 0.5) is 34.1 Å². The highest BCUT2D eigenvalue weighted by atomic mass is 16.5. The lowest BCUT2D eigenvalue weighted by molar-refractivity contribution is -0.140. The summed E-state index contributed by atoms with van der Waals surface area (Å²) in [6, 6.07) is 86.4. The van der Waals surface area contributed by atoms with E-state index in [1.54, 1.807) is 104 Å². The molecule has 0 saturated carbocycles. The van der Waals surface area contributed by atoms with Crippen LogP contribution in [0.2, 0.25) is 0 Å². The molecule has 0 aliphatic rings. The van der Waals surface area contributed by atoms with E-state index in [1.165, 1.54) is 94.9 Å². The van der Waals surface area contributed by atoms with Gasteiger partial charge in [0.25, 0.3) is 23.6 Å². The summed E-state index contributed by atoms with van der Waals surface area (Å²) in [6.07, 6.45) is 18.4. The van der Waals surface area contributed by atoms with Gasteiger partial charge in [0.1, 0.15) is 54.3 Å². The number of carbonyl (C=O) groups excluding carboxylic acids is 7. The summed E-state index contributed by atoms with van der Waals surface area (Å²) in [7, 11) is 1.58. The third-order valence-electron chi connectivity index (χ3n) is 23.3. The number of carbonyl (C=O) groups is 10. The molecule has 0 radical (unpaired) electrons. The summed E-state index contributed by atoms with van der Waals surface area (Å²) in [6.45, 7) is 10.4. The third kappa shape index (κ3) is 42.0. The first-order chi connectivity index (χ1) is 70.5. The lowest BCUT2D eigenvalue weighted by Gasteiger charge is -2.15. The summed E-state index contributed by atoms with van der Waals surface area (Å²) in [5.74, 6) is -3.02. The van der Waals surface area contributed by atoms with Crippen LogP contribution in [0.1, 0.15) is 203 Å².